The molecule has 1 aliphatic heterocycles. The normalized spacial score (nSPS) is 15.7. The predicted octanol–water partition coefficient (Wildman–Crippen LogP) is 3.61. The van der Waals surface area contributed by atoms with Gasteiger partial charge in [-0.25, -0.2) is 0 Å². The van der Waals surface area contributed by atoms with Gasteiger partial charge in [0.2, 0.25) is 0 Å². The highest BCUT2D eigenvalue weighted by molar-refractivity contribution is 8.22. The quantitative estimate of drug-likeness (QED) is 0.438. The molecular weight excluding hydrogens is 358 g/mol. The second kappa shape index (κ2) is 13.5. The third-order valence-corrected chi connectivity index (χ3v) is 6.79. The number of thiocarbonyl (C=S) groups is 1. The Balaban J connectivity index is 0.000000506. The number of ether oxygens (including phenoxy) is 1. The minimum absolute atomic E-state index is 0.329. The van der Waals surface area contributed by atoms with Gasteiger partial charge in [-0.1, -0.05) is 30.9 Å². The molecule has 144 valence electrons. The molecule has 1 rings (SSSR count). The molecule has 0 aliphatic carbocycles. The maximum absolute atomic E-state index is 5.37. The first-order valence-electron chi connectivity index (χ1n) is 8.96. The summed E-state index contributed by atoms with van der Waals surface area (Å²) in [4.78, 5) is 2.24. The van der Waals surface area contributed by atoms with Crippen molar-refractivity contribution in [1.82, 2.24) is 4.90 Å². The minimum atomic E-state index is -0.684. The average Bonchev–Trinajstić information content (AvgIpc) is 2.46. The summed E-state index contributed by atoms with van der Waals surface area (Å²) in [6.45, 7) is 18.6. The lowest BCUT2D eigenvalue weighted by Crippen LogP contribution is -2.40. The number of nitrogens with zero attached hydrogens (tertiary/aromatic N) is 1. The van der Waals surface area contributed by atoms with Crippen LogP contribution in [0.25, 0.3) is 0 Å². The van der Waals surface area contributed by atoms with Gasteiger partial charge in [0.1, 0.15) is 4.32 Å². The smallest absolute Gasteiger partial charge is 0.304 e. The summed E-state index contributed by atoms with van der Waals surface area (Å²) in [6, 6.07) is 0. The van der Waals surface area contributed by atoms with Crippen LogP contribution in [0.2, 0.25) is 0 Å². The van der Waals surface area contributed by atoms with Crippen molar-refractivity contribution in [1.29, 1.82) is 0 Å². The Hall–Kier alpha value is 0.337. The highest BCUT2D eigenvalue weighted by atomic mass is 32.2. The molecule has 0 saturated carbocycles. The molecule has 0 N–H and O–H groups in total. The van der Waals surface area contributed by atoms with E-state index in [1.165, 1.54) is 6.42 Å². The van der Waals surface area contributed by atoms with Crippen molar-refractivity contribution >= 4 is 38.3 Å². The van der Waals surface area contributed by atoms with Gasteiger partial charge in [-0.15, -0.1) is 0 Å². The van der Waals surface area contributed by atoms with Crippen LogP contribution in [-0.4, -0.2) is 63.5 Å². The molecule has 0 aromatic heterocycles. The summed E-state index contributed by atoms with van der Waals surface area (Å²) in [5.74, 6) is 1.12. The molecule has 24 heavy (non-hydrogen) atoms. The Labute approximate surface area is 161 Å². The van der Waals surface area contributed by atoms with Crippen LogP contribution in [0.4, 0.5) is 0 Å². The predicted molar refractivity (Wildman–Crippen MR) is 113 cm³/mol. The van der Waals surface area contributed by atoms with E-state index in [0.717, 1.165) is 36.4 Å². The van der Waals surface area contributed by atoms with Crippen molar-refractivity contribution in [2.24, 2.45) is 5.41 Å². The van der Waals surface area contributed by atoms with E-state index < -0.39 is 10.0 Å². The summed E-state index contributed by atoms with van der Waals surface area (Å²) >= 11 is 7.19. The monoisotopic (exact) mass is 395 g/mol. The van der Waals surface area contributed by atoms with Crippen LogP contribution in [0, 0.1) is 5.41 Å². The maximum atomic E-state index is 5.37. The zero-order valence-corrected chi connectivity index (χ0v) is 19.6. The summed E-state index contributed by atoms with van der Waals surface area (Å²) in [5, 5.41) is 0. The Kier molecular flexibility index (Phi) is 13.7. The standard InChI is InChI=1S/C11H21NOS2.C6H16O2Si/c1-4-12(5-2)10(14)15-7-6-11(3)8-13-9-11;1-5(2)7-9-8-6(3)4/h4-9H2,1-3H3;5-6H,9H2,1-4H3. The van der Waals surface area contributed by atoms with E-state index in [9.17, 15) is 0 Å². The third-order valence-electron chi connectivity index (χ3n) is 3.66. The van der Waals surface area contributed by atoms with Gasteiger partial charge in [0.15, 0.2) is 0 Å². The fourth-order valence-electron chi connectivity index (χ4n) is 1.86. The number of hydrogen-bond donors (Lipinski definition) is 0. The minimum Gasteiger partial charge on any atom is -0.396 e. The Morgan fingerprint density at radius 2 is 1.67 bits per heavy atom. The zero-order valence-electron chi connectivity index (χ0n) is 16.6. The first-order valence-corrected chi connectivity index (χ1v) is 11.5. The zero-order chi connectivity index (χ0) is 18.6. The molecule has 0 amide bonds. The second-order valence-corrected chi connectivity index (χ2v) is 9.52. The molecular formula is C17H37NO3S2Si. The van der Waals surface area contributed by atoms with E-state index in [2.05, 4.69) is 25.7 Å². The van der Waals surface area contributed by atoms with Crippen molar-refractivity contribution in [2.45, 2.75) is 67.1 Å². The van der Waals surface area contributed by atoms with Crippen molar-refractivity contribution < 1.29 is 13.6 Å². The molecule has 7 heteroatoms. The number of thioether (sulfide) groups is 1. The summed E-state index contributed by atoms with van der Waals surface area (Å²) in [5.41, 5.74) is 0.422. The molecule has 0 spiro atoms. The van der Waals surface area contributed by atoms with Gasteiger partial charge in [-0.2, -0.15) is 0 Å². The second-order valence-electron chi connectivity index (χ2n) is 6.89. The first kappa shape index (κ1) is 24.3. The van der Waals surface area contributed by atoms with E-state index >= 15 is 0 Å². The van der Waals surface area contributed by atoms with Crippen molar-refractivity contribution in [3.8, 4) is 0 Å². The molecule has 1 heterocycles. The van der Waals surface area contributed by atoms with E-state index in [1.807, 2.05) is 39.5 Å². The summed E-state index contributed by atoms with van der Waals surface area (Å²) < 4.78 is 16.8. The molecule has 1 saturated heterocycles. The van der Waals surface area contributed by atoms with E-state index in [1.54, 1.807) is 0 Å². The molecule has 0 aromatic carbocycles. The maximum Gasteiger partial charge on any atom is 0.304 e. The summed E-state index contributed by atoms with van der Waals surface area (Å²) in [6.07, 6.45) is 1.87. The Bertz CT molecular complexity index is 328. The van der Waals surface area contributed by atoms with Gasteiger partial charge < -0.3 is 18.5 Å². The van der Waals surface area contributed by atoms with E-state index in [0.29, 0.717) is 17.6 Å². The third kappa shape index (κ3) is 11.8. The van der Waals surface area contributed by atoms with E-state index in [4.69, 9.17) is 25.8 Å². The highest BCUT2D eigenvalue weighted by Gasteiger charge is 2.32. The van der Waals surface area contributed by atoms with Crippen LogP contribution in [0.15, 0.2) is 0 Å². The van der Waals surface area contributed by atoms with Crippen molar-refractivity contribution in [3.63, 3.8) is 0 Å². The average molecular weight is 396 g/mol. The number of hydrogen-bond acceptors (Lipinski definition) is 5. The molecule has 0 radical (unpaired) electrons. The van der Waals surface area contributed by atoms with Gasteiger partial charge in [-0.3, -0.25) is 0 Å². The van der Waals surface area contributed by atoms with Gasteiger partial charge in [0, 0.05) is 36.5 Å². The molecule has 0 unspecified atom stereocenters. The lowest BCUT2D eigenvalue weighted by molar-refractivity contribution is -0.102. The lowest BCUT2D eigenvalue weighted by atomic mass is 9.86. The first-order chi connectivity index (χ1) is 11.2. The Morgan fingerprint density at radius 1 is 1.17 bits per heavy atom. The van der Waals surface area contributed by atoms with Crippen LogP contribution >= 0.6 is 24.0 Å². The molecule has 1 fully saturated rings. The largest absolute Gasteiger partial charge is 0.396 e. The lowest BCUT2D eigenvalue weighted by Gasteiger charge is -2.38. The van der Waals surface area contributed by atoms with Crippen LogP contribution < -0.4 is 0 Å². The van der Waals surface area contributed by atoms with E-state index in [-0.39, 0.29) is 0 Å². The topological polar surface area (TPSA) is 30.9 Å². The van der Waals surface area contributed by atoms with Gasteiger partial charge in [-0.05, 0) is 48.0 Å². The van der Waals surface area contributed by atoms with Gasteiger partial charge in [0.05, 0.1) is 13.2 Å². The highest BCUT2D eigenvalue weighted by Crippen LogP contribution is 2.32. The van der Waals surface area contributed by atoms with Crippen LogP contribution in [0.1, 0.15) is 54.9 Å². The van der Waals surface area contributed by atoms with Gasteiger partial charge >= 0.3 is 10.0 Å². The fourth-order valence-corrected chi connectivity index (χ4v) is 4.21. The van der Waals surface area contributed by atoms with Crippen molar-refractivity contribution in [2.75, 3.05) is 32.1 Å². The van der Waals surface area contributed by atoms with Crippen LogP contribution in [0.5, 0.6) is 0 Å². The fraction of sp³-hybridized carbons (Fsp3) is 0.941. The molecule has 0 bridgehead atoms. The molecule has 0 aromatic rings. The van der Waals surface area contributed by atoms with Crippen LogP contribution in [-0.2, 0) is 13.6 Å². The molecule has 4 nitrogen and oxygen atoms in total. The molecule has 0 atom stereocenters. The number of rotatable bonds is 9. The summed E-state index contributed by atoms with van der Waals surface area (Å²) in [7, 11) is -0.684. The Morgan fingerprint density at radius 3 is 2.00 bits per heavy atom. The van der Waals surface area contributed by atoms with Gasteiger partial charge in [0.25, 0.3) is 0 Å². The van der Waals surface area contributed by atoms with Crippen LogP contribution in [0.3, 0.4) is 0 Å². The molecule has 1 aliphatic rings. The van der Waals surface area contributed by atoms with Crippen molar-refractivity contribution in [3.05, 3.63) is 0 Å². The SMILES string of the molecule is CC(C)O[SiH2]OC(C)C.CCN(CC)C(=S)SCCC1(C)COC1.